The van der Waals surface area contributed by atoms with E-state index in [1.54, 1.807) is 19.9 Å². The first-order valence-corrected chi connectivity index (χ1v) is 7.07. The molecule has 0 radical (unpaired) electrons. The monoisotopic (exact) mass is 296 g/mol. The zero-order valence-corrected chi connectivity index (χ0v) is 12.5. The number of ketones is 1. The first-order chi connectivity index (χ1) is 10.4. The Bertz CT molecular complexity index is 787. The first-order valence-electron chi connectivity index (χ1n) is 7.07. The minimum absolute atomic E-state index is 0.0386. The van der Waals surface area contributed by atoms with Crippen molar-refractivity contribution in [3.8, 4) is 0 Å². The quantitative estimate of drug-likeness (QED) is 0.641. The number of esters is 1. The molecule has 0 bridgehead atoms. The van der Waals surface area contributed by atoms with Gasteiger partial charge in [-0.15, -0.1) is 0 Å². The molecule has 4 heteroatoms. The van der Waals surface area contributed by atoms with Crippen molar-refractivity contribution in [2.45, 2.75) is 26.1 Å². The highest BCUT2D eigenvalue weighted by molar-refractivity contribution is 6.01. The van der Waals surface area contributed by atoms with Crippen LogP contribution in [0, 0.1) is 0 Å². The van der Waals surface area contributed by atoms with Crippen LogP contribution in [-0.4, -0.2) is 17.5 Å². The molecule has 1 aliphatic rings. The highest BCUT2D eigenvalue weighted by Crippen LogP contribution is 2.25. The van der Waals surface area contributed by atoms with E-state index < -0.39 is 11.8 Å². The Morgan fingerprint density at radius 2 is 1.77 bits per heavy atom. The summed E-state index contributed by atoms with van der Waals surface area (Å²) >= 11 is 0. The van der Waals surface area contributed by atoms with Crippen LogP contribution in [0.5, 0.6) is 0 Å². The maximum absolute atomic E-state index is 12.4. The number of carbonyl (C=O) groups is 2. The lowest BCUT2D eigenvalue weighted by molar-refractivity contribution is -0.205. The minimum Gasteiger partial charge on any atom is -0.456 e. The van der Waals surface area contributed by atoms with Crippen molar-refractivity contribution in [2.24, 2.45) is 0 Å². The largest absolute Gasteiger partial charge is 0.456 e. The molecule has 2 aromatic carbocycles. The molecule has 0 saturated carbocycles. The van der Waals surface area contributed by atoms with Crippen LogP contribution in [0.1, 0.15) is 30.6 Å². The van der Waals surface area contributed by atoms with Gasteiger partial charge in [-0.1, -0.05) is 36.4 Å². The van der Waals surface area contributed by atoms with Gasteiger partial charge >= 0.3 is 5.97 Å². The molecule has 0 atom stereocenters. The molecule has 22 heavy (non-hydrogen) atoms. The molecule has 2 aromatic rings. The van der Waals surface area contributed by atoms with Gasteiger partial charge in [0.05, 0.1) is 12.5 Å². The van der Waals surface area contributed by atoms with Gasteiger partial charge < -0.3 is 9.47 Å². The van der Waals surface area contributed by atoms with Crippen molar-refractivity contribution in [2.75, 3.05) is 0 Å². The highest BCUT2D eigenvalue weighted by atomic mass is 16.7. The number of hydrogen-bond acceptors (Lipinski definition) is 4. The van der Waals surface area contributed by atoms with Gasteiger partial charge in [-0.25, -0.2) is 4.79 Å². The number of benzene rings is 2. The number of cyclic esters (lactones) is 1. The number of Topliss-reactive ketones (excluding diaryl/α,β-unsaturated/α-hetero) is 1. The molecule has 0 aromatic heterocycles. The van der Waals surface area contributed by atoms with E-state index in [9.17, 15) is 9.59 Å². The van der Waals surface area contributed by atoms with E-state index in [2.05, 4.69) is 0 Å². The molecule has 112 valence electrons. The third kappa shape index (κ3) is 3.01. The first kappa shape index (κ1) is 14.3. The van der Waals surface area contributed by atoms with Gasteiger partial charge in [0.1, 0.15) is 5.76 Å². The summed E-state index contributed by atoms with van der Waals surface area (Å²) in [4.78, 5) is 23.9. The van der Waals surface area contributed by atoms with Crippen LogP contribution in [0.3, 0.4) is 0 Å². The number of carbonyl (C=O) groups excluding carboxylic acids is 2. The molecule has 0 N–H and O–H groups in total. The summed E-state index contributed by atoms with van der Waals surface area (Å²) in [5.41, 5.74) is 0.597. The Morgan fingerprint density at radius 1 is 1.05 bits per heavy atom. The SMILES string of the molecule is CC1(C)OC(=O)C=C(CC(=O)c2ccc3ccccc3c2)O1. The van der Waals surface area contributed by atoms with E-state index in [0.717, 1.165) is 10.8 Å². The van der Waals surface area contributed by atoms with Gasteiger partial charge in [-0.05, 0) is 16.8 Å². The van der Waals surface area contributed by atoms with Crippen LogP contribution < -0.4 is 0 Å². The Balaban J connectivity index is 1.83. The summed E-state index contributed by atoms with van der Waals surface area (Å²) in [6, 6.07) is 13.4. The lowest BCUT2D eigenvalue weighted by Crippen LogP contribution is -2.34. The molecule has 0 unspecified atom stereocenters. The predicted octanol–water partition coefficient (Wildman–Crippen LogP) is 3.61. The van der Waals surface area contributed by atoms with Crippen LogP contribution in [-0.2, 0) is 14.3 Å². The lowest BCUT2D eigenvalue weighted by Gasteiger charge is -2.30. The van der Waals surface area contributed by atoms with Crippen molar-refractivity contribution < 1.29 is 19.1 Å². The predicted molar refractivity (Wildman–Crippen MR) is 82.2 cm³/mol. The number of hydrogen-bond donors (Lipinski definition) is 0. The van der Waals surface area contributed by atoms with Gasteiger partial charge in [-0.2, -0.15) is 0 Å². The van der Waals surface area contributed by atoms with Crippen molar-refractivity contribution in [3.05, 3.63) is 59.9 Å². The molecule has 1 heterocycles. The van der Waals surface area contributed by atoms with E-state index in [1.165, 1.54) is 6.08 Å². The van der Waals surface area contributed by atoms with E-state index in [1.807, 2.05) is 36.4 Å². The van der Waals surface area contributed by atoms with Crippen molar-refractivity contribution in [3.63, 3.8) is 0 Å². The van der Waals surface area contributed by atoms with Gasteiger partial charge in [0.15, 0.2) is 5.78 Å². The second-order valence-electron chi connectivity index (χ2n) is 5.70. The Labute approximate surface area is 128 Å². The van der Waals surface area contributed by atoms with Gasteiger partial charge in [-0.3, -0.25) is 4.79 Å². The zero-order valence-electron chi connectivity index (χ0n) is 12.5. The number of fused-ring (bicyclic) bond motifs is 1. The van der Waals surface area contributed by atoms with Gasteiger partial charge in [0.2, 0.25) is 5.79 Å². The topological polar surface area (TPSA) is 52.6 Å². The smallest absolute Gasteiger partial charge is 0.337 e. The molecule has 0 amide bonds. The Hall–Kier alpha value is -2.62. The second kappa shape index (κ2) is 5.30. The van der Waals surface area contributed by atoms with Crippen molar-refractivity contribution >= 4 is 22.5 Å². The normalized spacial score (nSPS) is 16.6. The molecule has 4 nitrogen and oxygen atoms in total. The molecule has 0 spiro atoms. The lowest BCUT2D eigenvalue weighted by atomic mass is 10.0. The van der Waals surface area contributed by atoms with E-state index in [0.29, 0.717) is 11.3 Å². The maximum Gasteiger partial charge on any atom is 0.337 e. The summed E-state index contributed by atoms with van der Waals surface area (Å²) in [7, 11) is 0. The maximum atomic E-state index is 12.4. The second-order valence-corrected chi connectivity index (χ2v) is 5.70. The molecular weight excluding hydrogens is 280 g/mol. The van der Waals surface area contributed by atoms with Crippen LogP contribution in [0.2, 0.25) is 0 Å². The summed E-state index contributed by atoms with van der Waals surface area (Å²) in [6.45, 7) is 3.27. The summed E-state index contributed by atoms with van der Waals surface area (Å²) in [5, 5.41) is 2.09. The Kier molecular flexibility index (Phi) is 3.45. The minimum atomic E-state index is -1.04. The van der Waals surface area contributed by atoms with Crippen LogP contribution in [0.15, 0.2) is 54.3 Å². The van der Waals surface area contributed by atoms with E-state index in [-0.39, 0.29) is 12.2 Å². The van der Waals surface area contributed by atoms with Gasteiger partial charge in [0, 0.05) is 19.4 Å². The standard InChI is InChI=1S/C18H16O4/c1-18(2)21-15(11-17(20)22-18)10-16(19)14-8-7-12-5-3-4-6-13(12)9-14/h3-9,11H,10H2,1-2H3. The molecule has 1 aliphatic heterocycles. The average molecular weight is 296 g/mol. The summed E-state index contributed by atoms with van der Waals surface area (Å²) < 4.78 is 10.5. The summed E-state index contributed by atoms with van der Waals surface area (Å²) in [6.07, 6.45) is 1.26. The fourth-order valence-corrected chi connectivity index (χ4v) is 2.48. The zero-order chi connectivity index (χ0) is 15.7. The van der Waals surface area contributed by atoms with Crippen LogP contribution in [0.4, 0.5) is 0 Å². The highest BCUT2D eigenvalue weighted by Gasteiger charge is 2.30. The van der Waals surface area contributed by atoms with E-state index in [4.69, 9.17) is 9.47 Å². The molecule has 0 aliphatic carbocycles. The third-order valence-corrected chi connectivity index (χ3v) is 3.41. The van der Waals surface area contributed by atoms with E-state index >= 15 is 0 Å². The molecule has 0 fully saturated rings. The fraction of sp³-hybridized carbons (Fsp3) is 0.222. The Morgan fingerprint density at radius 3 is 2.50 bits per heavy atom. The molecule has 3 rings (SSSR count). The van der Waals surface area contributed by atoms with Gasteiger partial charge in [0.25, 0.3) is 0 Å². The third-order valence-electron chi connectivity index (χ3n) is 3.41. The summed E-state index contributed by atoms with van der Waals surface area (Å²) in [5.74, 6) is -1.29. The number of ether oxygens (including phenoxy) is 2. The molecule has 0 saturated heterocycles. The molecular formula is C18H16O4. The van der Waals surface area contributed by atoms with Crippen molar-refractivity contribution in [1.82, 2.24) is 0 Å². The van der Waals surface area contributed by atoms with Crippen molar-refractivity contribution in [1.29, 1.82) is 0 Å². The number of rotatable bonds is 3. The average Bonchev–Trinajstić information content (AvgIpc) is 2.44. The van der Waals surface area contributed by atoms with Crippen LogP contribution >= 0.6 is 0 Å². The fourth-order valence-electron chi connectivity index (χ4n) is 2.48. The number of allylic oxidation sites excluding steroid dienone is 1. The van der Waals surface area contributed by atoms with Crippen LogP contribution in [0.25, 0.3) is 10.8 Å².